The predicted octanol–water partition coefficient (Wildman–Crippen LogP) is 3.92. The molecule has 0 aliphatic heterocycles. The van der Waals surface area contributed by atoms with Crippen LogP contribution in [0.4, 0.5) is 0 Å². The van der Waals surface area contributed by atoms with Crippen LogP contribution in [0.2, 0.25) is 0 Å². The normalized spacial score (nSPS) is 26.2. The zero-order chi connectivity index (χ0) is 15.1. The molecule has 1 aromatic carbocycles. The van der Waals surface area contributed by atoms with E-state index in [0.29, 0.717) is 0 Å². The summed E-state index contributed by atoms with van der Waals surface area (Å²) in [4.78, 5) is 2.42. The first-order valence-electron chi connectivity index (χ1n) is 8.61. The average molecular weight is 288 g/mol. The van der Waals surface area contributed by atoms with Gasteiger partial charge in [0.2, 0.25) is 0 Å². The molecule has 0 radical (unpaired) electrons. The first-order valence-corrected chi connectivity index (χ1v) is 8.61. The van der Waals surface area contributed by atoms with E-state index in [9.17, 15) is 0 Å². The van der Waals surface area contributed by atoms with Gasteiger partial charge in [0, 0.05) is 12.6 Å². The van der Waals surface area contributed by atoms with Crippen molar-refractivity contribution in [1.29, 1.82) is 0 Å². The van der Waals surface area contributed by atoms with E-state index in [1.165, 1.54) is 37.8 Å². The highest BCUT2D eigenvalue weighted by Gasteiger charge is 2.24. The van der Waals surface area contributed by atoms with E-state index in [0.717, 1.165) is 31.0 Å². The van der Waals surface area contributed by atoms with Crippen molar-refractivity contribution in [3.8, 4) is 0 Å². The van der Waals surface area contributed by atoms with Gasteiger partial charge >= 0.3 is 0 Å². The molecule has 0 amide bonds. The van der Waals surface area contributed by atoms with Gasteiger partial charge in [-0.2, -0.15) is 0 Å². The number of nitrogens with one attached hydrogen (secondary N) is 1. The zero-order valence-electron chi connectivity index (χ0n) is 14.0. The third-order valence-electron chi connectivity index (χ3n) is 4.88. The molecule has 0 heterocycles. The monoisotopic (exact) mass is 288 g/mol. The predicted molar refractivity (Wildman–Crippen MR) is 91.4 cm³/mol. The van der Waals surface area contributed by atoms with Crippen LogP contribution >= 0.6 is 0 Å². The fraction of sp³-hybridized carbons (Fsp3) is 0.684. The van der Waals surface area contributed by atoms with Crippen LogP contribution < -0.4 is 5.32 Å². The Morgan fingerprint density at radius 3 is 2.67 bits per heavy atom. The van der Waals surface area contributed by atoms with Crippen LogP contribution in [0.15, 0.2) is 30.3 Å². The van der Waals surface area contributed by atoms with Gasteiger partial charge in [-0.3, -0.25) is 0 Å². The van der Waals surface area contributed by atoms with Crippen molar-refractivity contribution in [3.63, 3.8) is 0 Å². The molecule has 2 nitrogen and oxygen atoms in total. The molecular formula is C19H32N2. The van der Waals surface area contributed by atoms with E-state index in [4.69, 9.17) is 0 Å². The second-order valence-electron chi connectivity index (χ2n) is 7.03. The number of benzene rings is 1. The minimum atomic E-state index is 0.744. The molecule has 21 heavy (non-hydrogen) atoms. The summed E-state index contributed by atoms with van der Waals surface area (Å²) in [5, 5.41) is 3.79. The number of hydrogen-bond donors (Lipinski definition) is 1. The number of nitrogens with zero attached hydrogens (tertiary/aromatic N) is 1. The zero-order valence-corrected chi connectivity index (χ0v) is 14.0. The Morgan fingerprint density at radius 2 is 1.90 bits per heavy atom. The van der Waals surface area contributed by atoms with E-state index in [2.05, 4.69) is 61.4 Å². The third kappa shape index (κ3) is 5.80. The fourth-order valence-corrected chi connectivity index (χ4v) is 3.43. The Balaban J connectivity index is 1.60. The van der Waals surface area contributed by atoms with Crippen LogP contribution in [0, 0.1) is 11.8 Å². The van der Waals surface area contributed by atoms with E-state index < -0.39 is 0 Å². The molecule has 1 aromatic rings. The first kappa shape index (κ1) is 16.5. The quantitative estimate of drug-likeness (QED) is 0.765. The molecule has 1 fully saturated rings. The SMILES string of the molecule is CC1CCC(C)C(NCCCN(C)Cc2ccccc2)C1. The summed E-state index contributed by atoms with van der Waals surface area (Å²) >= 11 is 0. The molecule has 0 spiro atoms. The van der Waals surface area contributed by atoms with Crippen LogP contribution in [0.3, 0.4) is 0 Å². The lowest BCUT2D eigenvalue weighted by Gasteiger charge is -2.33. The molecule has 1 saturated carbocycles. The summed E-state index contributed by atoms with van der Waals surface area (Å²) in [6, 6.07) is 11.5. The molecule has 2 rings (SSSR count). The standard InChI is InChI=1S/C19H32N2/c1-16-10-11-17(2)19(14-16)20-12-7-13-21(3)15-18-8-5-4-6-9-18/h4-6,8-9,16-17,19-20H,7,10-15H2,1-3H3. The Labute approximate surface area is 130 Å². The van der Waals surface area contributed by atoms with Gasteiger partial charge in [0.05, 0.1) is 0 Å². The van der Waals surface area contributed by atoms with Gasteiger partial charge in [-0.1, -0.05) is 50.6 Å². The second-order valence-corrected chi connectivity index (χ2v) is 7.03. The molecule has 1 N–H and O–H groups in total. The molecule has 3 unspecified atom stereocenters. The Morgan fingerprint density at radius 1 is 1.14 bits per heavy atom. The van der Waals surface area contributed by atoms with Crippen molar-refractivity contribution in [2.75, 3.05) is 20.1 Å². The minimum Gasteiger partial charge on any atom is -0.314 e. The maximum atomic E-state index is 3.79. The van der Waals surface area contributed by atoms with Gasteiger partial charge in [0.1, 0.15) is 0 Å². The second kappa shape index (κ2) is 8.55. The van der Waals surface area contributed by atoms with Gasteiger partial charge in [0.25, 0.3) is 0 Å². The van der Waals surface area contributed by atoms with E-state index >= 15 is 0 Å². The summed E-state index contributed by atoms with van der Waals surface area (Å²) in [6.07, 6.45) is 5.41. The van der Waals surface area contributed by atoms with Crippen molar-refractivity contribution in [1.82, 2.24) is 10.2 Å². The van der Waals surface area contributed by atoms with E-state index in [1.807, 2.05) is 0 Å². The lowest BCUT2D eigenvalue weighted by molar-refractivity contribution is 0.224. The first-order chi connectivity index (χ1) is 10.1. The number of rotatable bonds is 7. The Bertz CT molecular complexity index is 390. The third-order valence-corrected chi connectivity index (χ3v) is 4.88. The molecule has 0 saturated heterocycles. The minimum absolute atomic E-state index is 0.744. The molecule has 0 aromatic heterocycles. The highest BCUT2D eigenvalue weighted by Crippen LogP contribution is 2.28. The molecule has 118 valence electrons. The summed E-state index contributed by atoms with van der Waals surface area (Å²) in [6.45, 7) is 8.18. The van der Waals surface area contributed by atoms with E-state index in [1.54, 1.807) is 0 Å². The average Bonchev–Trinajstić information content (AvgIpc) is 2.48. The van der Waals surface area contributed by atoms with Crippen LogP contribution in [0.25, 0.3) is 0 Å². The highest BCUT2D eigenvalue weighted by molar-refractivity contribution is 5.14. The molecule has 1 aliphatic carbocycles. The maximum absolute atomic E-state index is 3.79. The summed E-state index contributed by atoms with van der Waals surface area (Å²) in [5.41, 5.74) is 1.41. The smallest absolute Gasteiger partial charge is 0.0230 e. The van der Waals surface area contributed by atoms with Crippen molar-refractivity contribution in [2.45, 2.75) is 52.1 Å². The van der Waals surface area contributed by atoms with Gasteiger partial charge in [0.15, 0.2) is 0 Å². The molecule has 2 heteroatoms. The maximum Gasteiger partial charge on any atom is 0.0230 e. The summed E-state index contributed by atoms with van der Waals surface area (Å²) in [7, 11) is 2.22. The lowest BCUT2D eigenvalue weighted by atomic mass is 9.80. The Hall–Kier alpha value is -0.860. The van der Waals surface area contributed by atoms with Crippen molar-refractivity contribution in [2.24, 2.45) is 11.8 Å². The highest BCUT2D eigenvalue weighted by atomic mass is 15.1. The molecule has 0 bridgehead atoms. The van der Waals surface area contributed by atoms with Crippen LogP contribution in [-0.2, 0) is 6.54 Å². The lowest BCUT2D eigenvalue weighted by Crippen LogP contribution is -2.40. The Kier molecular flexibility index (Phi) is 6.72. The van der Waals surface area contributed by atoms with Gasteiger partial charge in [-0.05, 0) is 56.8 Å². The van der Waals surface area contributed by atoms with Gasteiger partial charge < -0.3 is 10.2 Å². The van der Waals surface area contributed by atoms with Crippen LogP contribution in [0.1, 0.15) is 45.1 Å². The fourth-order valence-electron chi connectivity index (χ4n) is 3.43. The van der Waals surface area contributed by atoms with Crippen molar-refractivity contribution < 1.29 is 0 Å². The van der Waals surface area contributed by atoms with Crippen LogP contribution in [-0.4, -0.2) is 31.1 Å². The summed E-state index contributed by atoms with van der Waals surface area (Å²) in [5.74, 6) is 1.75. The van der Waals surface area contributed by atoms with Gasteiger partial charge in [-0.15, -0.1) is 0 Å². The van der Waals surface area contributed by atoms with Crippen molar-refractivity contribution >= 4 is 0 Å². The van der Waals surface area contributed by atoms with Crippen LogP contribution in [0.5, 0.6) is 0 Å². The molecule has 1 aliphatic rings. The largest absolute Gasteiger partial charge is 0.314 e. The number of hydrogen-bond acceptors (Lipinski definition) is 2. The van der Waals surface area contributed by atoms with E-state index in [-0.39, 0.29) is 0 Å². The topological polar surface area (TPSA) is 15.3 Å². The molecular weight excluding hydrogens is 256 g/mol. The van der Waals surface area contributed by atoms with Gasteiger partial charge in [-0.25, -0.2) is 0 Å². The summed E-state index contributed by atoms with van der Waals surface area (Å²) < 4.78 is 0. The van der Waals surface area contributed by atoms with Crippen molar-refractivity contribution in [3.05, 3.63) is 35.9 Å². The molecule has 3 atom stereocenters.